The minimum Gasteiger partial charge on any atom is -0.457 e. The molecule has 0 radical (unpaired) electrons. The van der Waals surface area contributed by atoms with Crippen molar-refractivity contribution in [2.75, 3.05) is 5.32 Å². The highest BCUT2D eigenvalue weighted by atomic mass is 16.5. The smallest absolute Gasteiger partial charge is 0.457 e. The average molecular weight is 330 g/mol. The molecule has 0 spiro atoms. The molecule has 0 atom stereocenters. The Kier molecular flexibility index (Phi) is 5.76. The van der Waals surface area contributed by atoms with E-state index in [0.717, 1.165) is 0 Å². The normalized spacial score (nSPS) is 9.08. The number of benzene rings is 2. The Labute approximate surface area is 144 Å². The van der Waals surface area contributed by atoms with E-state index in [0.29, 0.717) is 22.6 Å². The lowest BCUT2D eigenvalue weighted by Gasteiger charge is -2.08. The van der Waals surface area contributed by atoms with Crippen LogP contribution in [0.2, 0.25) is 0 Å². The lowest BCUT2D eigenvalue weighted by atomic mass is 9.80. The summed E-state index contributed by atoms with van der Waals surface area (Å²) in [6, 6.07) is 17.9. The van der Waals surface area contributed by atoms with Crippen LogP contribution >= 0.6 is 0 Å². The van der Waals surface area contributed by atoms with Gasteiger partial charge in [-0.15, -0.1) is 0 Å². The molecule has 0 aliphatic rings. The van der Waals surface area contributed by atoms with Crippen molar-refractivity contribution in [2.24, 2.45) is 0 Å². The van der Waals surface area contributed by atoms with E-state index in [1.807, 2.05) is 0 Å². The molecule has 0 bridgehead atoms. The fraction of sp³-hybridized carbons (Fsp3) is 0. The summed E-state index contributed by atoms with van der Waals surface area (Å²) in [6.07, 6.45) is 0. The fourth-order valence-electron chi connectivity index (χ4n) is 1.88. The van der Waals surface area contributed by atoms with Crippen LogP contribution in [-0.4, -0.2) is 17.2 Å². The van der Waals surface area contributed by atoms with Crippen LogP contribution in [0, 0.1) is 34.0 Å². The van der Waals surface area contributed by atoms with Gasteiger partial charge in [-0.1, -0.05) is 12.1 Å². The van der Waals surface area contributed by atoms with E-state index in [1.165, 1.54) is 12.1 Å². The Balaban J connectivity index is 2.10. The van der Waals surface area contributed by atoms with Crippen molar-refractivity contribution < 1.29 is 14.8 Å². The Morgan fingerprint density at radius 2 is 1.36 bits per heavy atom. The summed E-state index contributed by atoms with van der Waals surface area (Å²) in [4.78, 5) is 0. The maximum atomic E-state index is 9.04. The van der Waals surface area contributed by atoms with Crippen LogP contribution in [0.4, 0.5) is 5.69 Å². The Hall–Kier alpha value is -3.77. The number of hydrogen-bond donors (Lipinski definition) is 3. The largest absolute Gasteiger partial charge is 0.488 e. The molecule has 0 fully saturated rings. The van der Waals surface area contributed by atoms with Crippen LogP contribution in [0.5, 0.6) is 11.5 Å². The van der Waals surface area contributed by atoms with Crippen LogP contribution in [0.1, 0.15) is 0 Å². The van der Waals surface area contributed by atoms with E-state index >= 15 is 0 Å². The molecule has 0 saturated heterocycles. The van der Waals surface area contributed by atoms with E-state index in [1.54, 1.807) is 54.6 Å². The summed E-state index contributed by atoms with van der Waals surface area (Å²) < 4.78 is 5.62. The van der Waals surface area contributed by atoms with Crippen molar-refractivity contribution in [3.05, 3.63) is 59.8 Å². The van der Waals surface area contributed by atoms with Crippen LogP contribution in [0.3, 0.4) is 0 Å². The predicted octanol–water partition coefficient (Wildman–Crippen LogP) is 1.40. The van der Waals surface area contributed by atoms with Gasteiger partial charge >= 0.3 is 7.12 Å². The van der Waals surface area contributed by atoms with Gasteiger partial charge in [0.25, 0.3) is 0 Å². The zero-order valence-electron chi connectivity index (χ0n) is 12.8. The first kappa shape index (κ1) is 17.6. The van der Waals surface area contributed by atoms with Crippen LogP contribution < -0.4 is 15.5 Å². The highest BCUT2D eigenvalue weighted by Gasteiger charge is 2.10. The number of hydrogen-bond acceptors (Lipinski definition) is 7. The standard InChI is InChI=1S/C17H11BN4O3/c19-9-12(10-20)17(11-21)22-14-3-7-16(8-4-14)25-15-5-1-13(2-6-15)18(23)24/h1-8,22-24H. The first-order valence-corrected chi connectivity index (χ1v) is 7.03. The van der Waals surface area contributed by atoms with Gasteiger partial charge in [0.1, 0.15) is 35.4 Å². The third kappa shape index (κ3) is 4.60. The second kappa shape index (κ2) is 8.19. The molecule has 2 aromatic carbocycles. The third-order valence-electron chi connectivity index (χ3n) is 3.12. The van der Waals surface area contributed by atoms with Crippen molar-refractivity contribution in [3.8, 4) is 29.7 Å². The van der Waals surface area contributed by atoms with E-state index in [4.69, 9.17) is 30.6 Å². The average Bonchev–Trinajstić information content (AvgIpc) is 2.63. The zero-order chi connectivity index (χ0) is 18.2. The number of nitriles is 3. The lowest BCUT2D eigenvalue weighted by molar-refractivity contribution is 0.425. The summed E-state index contributed by atoms with van der Waals surface area (Å²) in [5.74, 6) is 1.03. The van der Waals surface area contributed by atoms with Crippen LogP contribution in [-0.2, 0) is 0 Å². The van der Waals surface area contributed by atoms with Crippen molar-refractivity contribution in [2.45, 2.75) is 0 Å². The number of anilines is 1. The van der Waals surface area contributed by atoms with Gasteiger partial charge in [-0.25, -0.2) is 0 Å². The third-order valence-corrected chi connectivity index (χ3v) is 3.12. The fourth-order valence-corrected chi connectivity index (χ4v) is 1.88. The van der Waals surface area contributed by atoms with Gasteiger partial charge < -0.3 is 20.1 Å². The molecular weight excluding hydrogens is 319 g/mol. The Morgan fingerprint density at radius 3 is 1.80 bits per heavy atom. The first-order chi connectivity index (χ1) is 12.1. The highest BCUT2D eigenvalue weighted by molar-refractivity contribution is 6.58. The number of nitrogens with one attached hydrogen (secondary N) is 1. The summed E-state index contributed by atoms with van der Waals surface area (Å²) in [5.41, 5.74) is 0.449. The van der Waals surface area contributed by atoms with Gasteiger partial charge in [0, 0.05) is 5.69 Å². The monoisotopic (exact) mass is 330 g/mol. The van der Waals surface area contributed by atoms with E-state index in [2.05, 4.69) is 5.32 Å². The molecular formula is C17H11BN4O3. The predicted molar refractivity (Wildman–Crippen MR) is 90.3 cm³/mol. The second-order valence-corrected chi connectivity index (χ2v) is 4.78. The lowest BCUT2D eigenvalue weighted by Crippen LogP contribution is -2.29. The topological polar surface area (TPSA) is 133 Å². The summed E-state index contributed by atoms with van der Waals surface area (Å²) in [5, 5.41) is 47.4. The van der Waals surface area contributed by atoms with Crippen molar-refractivity contribution in [1.29, 1.82) is 15.8 Å². The summed E-state index contributed by atoms with van der Waals surface area (Å²) >= 11 is 0. The van der Waals surface area contributed by atoms with Gasteiger partial charge in [0.2, 0.25) is 0 Å². The number of allylic oxidation sites excluding steroid dienone is 2. The second-order valence-electron chi connectivity index (χ2n) is 4.78. The first-order valence-electron chi connectivity index (χ1n) is 7.03. The molecule has 0 unspecified atom stereocenters. The maximum absolute atomic E-state index is 9.04. The van der Waals surface area contributed by atoms with Crippen molar-refractivity contribution in [3.63, 3.8) is 0 Å². The Bertz CT molecular complexity index is 885. The summed E-state index contributed by atoms with van der Waals surface area (Å²) in [7, 11) is -1.53. The number of rotatable bonds is 5. The van der Waals surface area contributed by atoms with Crippen molar-refractivity contribution in [1.82, 2.24) is 0 Å². The van der Waals surface area contributed by atoms with Gasteiger partial charge in [-0.05, 0) is 41.9 Å². The van der Waals surface area contributed by atoms with Gasteiger partial charge in [0.05, 0.1) is 0 Å². The molecule has 0 aliphatic carbocycles. The molecule has 0 aliphatic heterocycles. The van der Waals surface area contributed by atoms with E-state index in [9.17, 15) is 0 Å². The maximum Gasteiger partial charge on any atom is 0.488 e. The van der Waals surface area contributed by atoms with Gasteiger partial charge in [-0.3, -0.25) is 0 Å². The van der Waals surface area contributed by atoms with Gasteiger partial charge in [0.15, 0.2) is 5.57 Å². The molecule has 25 heavy (non-hydrogen) atoms. The summed E-state index contributed by atoms with van der Waals surface area (Å²) in [6.45, 7) is 0. The molecule has 2 aromatic rings. The zero-order valence-corrected chi connectivity index (χ0v) is 12.8. The number of ether oxygens (including phenoxy) is 1. The molecule has 0 saturated carbocycles. The molecule has 120 valence electrons. The molecule has 3 N–H and O–H groups in total. The molecule has 7 nitrogen and oxygen atoms in total. The minimum atomic E-state index is -1.53. The van der Waals surface area contributed by atoms with Crippen molar-refractivity contribution >= 4 is 18.3 Å². The number of nitrogens with zero attached hydrogens (tertiary/aromatic N) is 3. The molecule has 0 amide bonds. The van der Waals surface area contributed by atoms with Crippen LogP contribution in [0.15, 0.2) is 59.8 Å². The van der Waals surface area contributed by atoms with E-state index in [-0.39, 0.29) is 11.3 Å². The minimum absolute atomic E-state index is 0.128. The molecule has 2 rings (SSSR count). The SMILES string of the molecule is N#CC(C#N)=C(C#N)Nc1ccc(Oc2ccc(B(O)O)cc2)cc1. The van der Waals surface area contributed by atoms with Gasteiger partial charge in [-0.2, -0.15) is 15.8 Å². The highest BCUT2D eigenvalue weighted by Crippen LogP contribution is 2.23. The molecule has 0 aromatic heterocycles. The molecule has 8 heteroatoms. The Morgan fingerprint density at radius 1 is 0.840 bits per heavy atom. The van der Waals surface area contributed by atoms with Crippen LogP contribution in [0.25, 0.3) is 0 Å². The molecule has 0 heterocycles. The van der Waals surface area contributed by atoms with E-state index < -0.39 is 7.12 Å². The quantitative estimate of drug-likeness (QED) is 0.557.